The Kier molecular flexibility index (Phi) is 6.48. The number of ether oxygens (including phenoxy) is 1. The Bertz CT molecular complexity index is 528. The van der Waals surface area contributed by atoms with Crippen LogP contribution in [-0.4, -0.2) is 42.8 Å². The van der Waals surface area contributed by atoms with Crippen molar-refractivity contribution in [1.29, 1.82) is 0 Å². The third kappa shape index (κ3) is 6.15. The van der Waals surface area contributed by atoms with Crippen LogP contribution in [0.1, 0.15) is 32.8 Å². The van der Waals surface area contributed by atoms with Crippen molar-refractivity contribution in [3.8, 4) is 0 Å². The molecule has 1 atom stereocenters. The average molecular weight is 383 g/mol. The molecule has 0 radical (unpaired) electrons. The van der Waals surface area contributed by atoms with E-state index in [1.165, 1.54) is 10.0 Å². The molecule has 5 heteroatoms. The van der Waals surface area contributed by atoms with Crippen LogP contribution in [0.4, 0.5) is 4.79 Å². The van der Waals surface area contributed by atoms with E-state index in [4.69, 9.17) is 4.74 Å². The number of carbonyl (C=O) groups is 1. The van der Waals surface area contributed by atoms with Gasteiger partial charge in [0.15, 0.2) is 0 Å². The maximum Gasteiger partial charge on any atom is 0.410 e. The summed E-state index contributed by atoms with van der Waals surface area (Å²) in [6.07, 6.45) is 1.86. The lowest BCUT2D eigenvalue weighted by molar-refractivity contribution is 0.0288. The normalized spacial score (nSPS) is 18.3. The minimum atomic E-state index is -0.420. The van der Waals surface area contributed by atoms with E-state index in [2.05, 4.69) is 39.4 Å². The molecule has 1 aliphatic heterocycles. The first-order valence-electron chi connectivity index (χ1n) is 8.27. The van der Waals surface area contributed by atoms with Crippen molar-refractivity contribution in [3.05, 3.63) is 34.3 Å². The summed E-state index contributed by atoms with van der Waals surface area (Å²) in [5.41, 5.74) is 0.901. The van der Waals surface area contributed by atoms with E-state index in [1.807, 2.05) is 31.7 Å². The van der Waals surface area contributed by atoms with E-state index in [-0.39, 0.29) is 6.09 Å². The van der Waals surface area contributed by atoms with Crippen LogP contribution in [0.25, 0.3) is 0 Å². The second-order valence-electron chi connectivity index (χ2n) is 7.13. The standard InChI is InChI=1S/C18H27BrN2O2/c1-18(2,3)23-17(22)21-11-9-14(13-21)12-20-10-8-15-6-4-5-7-16(15)19/h4-7,14,20H,8-13H2,1-3H3. The summed E-state index contributed by atoms with van der Waals surface area (Å²) in [6.45, 7) is 9.20. The summed E-state index contributed by atoms with van der Waals surface area (Å²) in [4.78, 5) is 13.9. The Labute approximate surface area is 147 Å². The van der Waals surface area contributed by atoms with E-state index in [1.54, 1.807) is 0 Å². The molecule has 23 heavy (non-hydrogen) atoms. The van der Waals surface area contributed by atoms with E-state index in [0.717, 1.165) is 39.0 Å². The van der Waals surface area contributed by atoms with Gasteiger partial charge in [-0.15, -0.1) is 0 Å². The molecular formula is C18H27BrN2O2. The zero-order valence-electron chi connectivity index (χ0n) is 14.3. The maximum absolute atomic E-state index is 12.0. The monoisotopic (exact) mass is 382 g/mol. The van der Waals surface area contributed by atoms with Crippen molar-refractivity contribution in [2.45, 2.75) is 39.2 Å². The third-order valence-corrected chi connectivity index (χ3v) is 4.67. The van der Waals surface area contributed by atoms with Crippen LogP contribution >= 0.6 is 15.9 Å². The van der Waals surface area contributed by atoms with Gasteiger partial charge in [-0.1, -0.05) is 34.1 Å². The van der Waals surface area contributed by atoms with Crippen LogP contribution in [0.3, 0.4) is 0 Å². The molecule has 1 saturated heterocycles. The highest BCUT2D eigenvalue weighted by Crippen LogP contribution is 2.19. The molecule has 128 valence electrons. The van der Waals surface area contributed by atoms with Crippen LogP contribution in [0.5, 0.6) is 0 Å². The average Bonchev–Trinajstić information content (AvgIpc) is 2.92. The van der Waals surface area contributed by atoms with Crippen LogP contribution in [0.2, 0.25) is 0 Å². The molecule has 1 aromatic carbocycles. The Morgan fingerprint density at radius 2 is 2.13 bits per heavy atom. The summed E-state index contributed by atoms with van der Waals surface area (Å²) in [6, 6.07) is 8.32. The van der Waals surface area contributed by atoms with Crippen molar-refractivity contribution in [2.75, 3.05) is 26.2 Å². The predicted molar refractivity (Wildman–Crippen MR) is 96.6 cm³/mol. The van der Waals surface area contributed by atoms with Crippen LogP contribution in [0, 0.1) is 5.92 Å². The molecule has 0 aliphatic carbocycles. The molecule has 0 saturated carbocycles. The van der Waals surface area contributed by atoms with Gasteiger partial charge in [-0.2, -0.15) is 0 Å². The molecule has 0 bridgehead atoms. The number of carbonyl (C=O) groups excluding carboxylic acids is 1. The number of nitrogens with zero attached hydrogens (tertiary/aromatic N) is 1. The Balaban J connectivity index is 1.66. The number of halogens is 1. The van der Waals surface area contributed by atoms with Crippen molar-refractivity contribution in [2.24, 2.45) is 5.92 Å². The number of amides is 1. The second-order valence-corrected chi connectivity index (χ2v) is 7.98. The molecule has 2 rings (SSSR count). The maximum atomic E-state index is 12.0. The molecule has 1 N–H and O–H groups in total. The van der Waals surface area contributed by atoms with Crippen LogP contribution in [0.15, 0.2) is 28.7 Å². The van der Waals surface area contributed by atoms with Gasteiger partial charge in [-0.05, 0) is 64.3 Å². The van der Waals surface area contributed by atoms with Crippen LogP contribution < -0.4 is 5.32 Å². The number of hydrogen-bond donors (Lipinski definition) is 1. The minimum Gasteiger partial charge on any atom is -0.444 e. The van der Waals surface area contributed by atoms with Gasteiger partial charge in [0.25, 0.3) is 0 Å². The molecule has 1 amide bonds. The smallest absolute Gasteiger partial charge is 0.410 e. The Morgan fingerprint density at radius 3 is 2.83 bits per heavy atom. The SMILES string of the molecule is CC(C)(C)OC(=O)N1CCC(CNCCc2ccccc2Br)C1. The van der Waals surface area contributed by atoms with Crippen LogP contribution in [-0.2, 0) is 11.2 Å². The zero-order valence-corrected chi connectivity index (χ0v) is 15.9. The topological polar surface area (TPSA) is 41.6 Å². The minimum absolute atomic E-state index is 0.187. The molecule has 1 aromatic rings. The summed E-state index contributed by atoms with van der Waals surface area (Å²) < 4.78 is 6.59. The molecule has 0 spiro atoms. The highest BCUT2D eigenvalue weighted by molar-refractivity contribution is 9.10. The Morgan fingerprint density at radius 1 is 1.39 bits per heavy atom. The number of nitrogens with one attached hydrogen (secondary N) is 1. The molecule has 1 aliphatic rings. The van der Waals surface area contributed by atoms with Gasteiger partial charge >= 0.3 is 6.09 Å². The summed E-state index contributed by atoms with van der Waals surface area (Å²) in [5.74, 6) is 0.515. The number of hydrogen-bond acceptors (Lipinski definition) is 3. The first-order chi connectivity index (χ1) is 10.8. The first kappa shape index (κ1) is 18.3. The summed E-state index contributed by atoms with van der Waals surface area (Å²) in [5, 5.41) is 3.51. The Hall–Kier alpha value is -1.07. The van der Waals surface area contributed by atoms with Crippen molar-refractivity contribution in [1.82, 2.24) is 10.2 Å². The zero-order chi connectivity index (χ0) is 16.9. The largest absolute Gasteiger partial charge is 0.444 e. The van der Waals surface area contributed by atoms with Gasteiger partial charge in [0.1, 0.15) is 5.60 Å². The summed E-state index contributed by atoms with van der Waals surface area (Å²) >= 11 is 3.58. The highest BCUT2D eigenvalue weighted by Gasteiger charge is 2.29. The number of likely N-dealkylation sites (tertiary alicyclic amines) is 1. The lowest BCUT2D eigenvalue weighted by Crippen LogP contribution is -2.36. The van der Waals surface area contributed by atoms with E-state index >= 15 is 0 Å². The molecule has 0 aromatic heterocycles. The molecule has 4 nitrogen and oxygen atoms in total. The van der Waals surface area contributed by atoms with Gasteiger partial charge in [0, 0.05) is 17.6 Å². The van der Waals surface area contributed by atoms with Crippen molar-refractivity contribution in [3.63, 3.8) is 0 Å². The van der Waals surface area contributed by atoms with Gasteiger partial charge in [0.2, 0.25) is 0 Å². The molecule has 1 fully saturated rings. The quantitative estimate of drug-likeness (QED) is 0.786. The van der Waals surface area contributed by atoms with E-state index < -0.39 is 5.60 Å². The number of benzene rings is 1. The van der Waals surface area contributed by atoms with Crippen molar-refractivity contribution < 1.29 is 9.53 Å². The number of rotatable bonds is 5. The van der Waals surface area contributed by atoms with Crippen molar-refractivity contribution >= 4 is 22.0 Å². The second kappa shape index (κ2) is 8.15. The van der Waals surface area contributed by atoms with Gasteiger partial charge in [0.05, 0.1) is 0 Å². The third-order valence-electron chi connectivity index (χ3n) is 3.90. The lowest BCUT2D eigenvalue weighted by atomic mass is 10.1. The highest BCUT2D eigenvalue weighted by atomic mass is 79.9. The summed E-state index contributed by atoms with van der Waals surface area (Å²) in [7, 11) is 0. The van der Waals surface area contributed by atoms with Gasteiger partial charge < -0.3 is 15.0 Å². The van der Waals surface area contributed by atoms with Gasteiger partial charge in [-0.3, -0.25) is 0 Å². The fourth-order valence-corrected chi connectivity index (χ4v) is 3.20. The van der Waals surface area contributed by atoms with E-state index in [9.17, 15) is 4.79 Å². The fourth-order valence-electron chi connectivity index (χ4n) is 2.72. The predicted octanol–water partition coefficient (Wildman–Crippen LogP) is 3.84. The lowest BCUT2D eigenvalue weighted by Gasteiger charge is -2.24. The molecule has 1 unspecified atom stereocenters. The molecular weight excluding hydrogens is 356 g/mol. The first-order valence-corrected chi connectivity index (χ1v) is 9.06. The molecule has 1 heterocycles. The van der Waals surface area contributed by atoms with Gasteiger partial charge in [-0.25, -0.2) is 4.79 Å². The van der Waals surface area contributed by atoms with E-state index in [0.29, 0.717) is 5.92 Å². The fraction of sp³-hybridized carbons (Fsp3) is 0.611.